The van der Waals surface area contributed by atoms with Gasteiger partial charge in [0.25, 0.3) is 0 Å². The van der Waals surface area contributed by atoms with Gasteiger partial charge in [0.05, 0.1) is 16.9 Å². The molecule has 0 saturated carbocycles. The van der Waals surface area contributed by atoms with Crippen LogP contribution in [-0.2, 0) is 4.79 Å². The van der Waals surface area contributed by atoms with Gasteiger partial charge in [0.1, 0.15) is 6.04 Å². The summed E-state index contributed by atoms with van der Waals surface area (Å²) in [5.41, 5.74) is 13.6. The Morgan fingerprint density at radius 3 is 2.95 bits per heavy atom. The minimum atomic E-state index is -0.526. The Morgan fingerprint density at radius 1 is 1.40 bits per heavy atom. The molecule has 2 aromatic rings. The van der Waals surface area contributed by atoms with Gasteiger partial charge in [-0.1, -0.05) is 0 Å². The minimum Gasteiger partial charge on any atom is -0.408 e. The fraction of sp³-hybridized carbons (Fsp3) is 0.385. The van der Waals surface area contributed by atoms with E-state index >= 15 is 0 Å². The Hall–Kier alpha value is -2.44. The molecule has 1 aliphatic rings. The van der Waals surface area contributed by atoms with Crippen LogP contribution >= 0.6 is 0 Å². The van der Waals surface area contributed by atoms with Crippen LogP contribution in [-0.4, -0.2) is 23.5 Å². The van der Waals surface area contributed by atoms with E-state index in [0.29, 0.717) is 35.4 Å². The second-order valence-electron chi connectivity index (χ2n) is 5.03. The second-order valence-corrected chi connectivity index (χ2v) is 5.03. The SMILES string of the molecule is NC(=O)C1CCCCN1c1cc2[nH]c(=O)oc2cc1N. The molecule has 0 radical (unpaired) electrons. The molecule has 1 aliphatic heterocycles. The van der Waals surface area contributed by atoms with Crippen LogP contribution in [0.5, 0.6) is 0 Å². The number of carbonyl (C=O) groups is 1. The first-order valence-electron chi connectivity index (χ1n) is 6.54. The summed E-state index contributed by atoms with van der Waals surface area (Å²) >= 11 is 0. The van der Waals surface area contributed by atoms with Crippen molar-refractivity contribution in [3.8, 4) is 0 Å². The highest BCUT2D eigenvalue weighted by Gasteiger charge is 2.28. The van der Waals surface area contributed by atoms with Gasteiger partial charge in [-0.25, -0.2) is 4.79 Å². The predicted octanol–water partition coefficient (Wildman–Crippen LogP) is 0.547. The maximum atomic E-state index is 11.6. The molecule has 3 rings (SSSR count). The smallest absolute Gasteiger partial charge is 0.408 e. The van der Waals surface area contributed by atoms with E-state index in [1.165, 1.54) is 0 Å². The molecule has 20 heavy (non-hydrogen) atoms. The number of oxazole rings is 1. The van der Waals surface area contributed by atoms with E-state index < -0.39 is 5.76 Å². The van der Waals surface area contributed by atoms with Crippen molar-refractivity contribution < 1.29 is 9.21 Å². The fourth-order valence-corrected chi connectivity index (χ4v) is 2.77. The highest BCUT2D eigenvalue weighted by molar-refractivity contribution is 5.90. The number of rotatable bonds is 2. The number of nitrogens with two attached hydrogens (primary N) is 2. The number of H-pyrrole nitrogens is 1. The molecule has 2 heterocycles. The highest BCUT2D eigenvalue weighted by atomic mass is 16.4. The minimum absolute atomic E-state index is 0.357. The van der Waals surface area contributed by atoms with E-state index in [-0.39, 0.29) is 11.9 Å². The van der Waals surface area contributed by atoms with Gasteiger partial charge in [-0.2, -0.15) is 0 Å². The maximum Gasteiger partial charge on any atom is 0.417 e. The summed E-state index contributed by atoms with van der Waals surface area (Å²) in [4.78, 5) is 27.3. The number of hydrogen-bond donors (Lipinski definition) is 3. The topological polar surface area (TPSA) is 118 Å². The Morgan fingerprint density at radius 2 is 2.20 bits per heavy atom. The molecule has 1 fully saturated rings. The lowest BCUT2D eigenvalue weighted by molar-refractivity contribution is -0.119. The van der Waals surface area contributed by atoms with Crippen molar-refractivity contribution in [2.24, 2.45) is 5.73 Å². The van der Waals surface area contributed by atoms with Crippen molar-refractivity contribution in [2.75, 3.05) is 17.2 Å². The first kappa shape index (κ1) is 12.6. The molecule has 1 aromatic carbocycles. The van der Waals surface area contributed by atoms with Gasteiger partial charge in [0, 0.05) is 12.6 Å². The molecule has 1 aromatic heterocycles. The van der Waals surface area contributed by atoms with Crippen molar-refractivity contribution in [3.05, 3.63) is 22.7 Å². The maximum absolute atomic E-state index is 11.6. The van der Waals surface area contributed by atoms with Crippen molar-refractivity contribution in [2.45, 2.75) is 25.3 Å². The zero-order chi connectivity index (χ0) is 14.3. The van der Waals surface area contributed by atoms with E-state index in [9.17, 15) is 9.59 Å². The van der Waals surface area contributed by atoms with Gasteiger partial charge in [0.2, 0.25) is 5.91 Å². The van der Waals surface area contributed by atoms with Crippen LogP contribution in [0.3, 0.4) is 0 Å². The van der Waals surface area contributed by atoms with E-state index in [1.54, 1.807) is 12.1 Å². The third-order valence-electron chi connectivity index (χ3n) is 3.71. The van der Waals surface area contributed by atoms with Crippen LogP contribution < -0.4 is 22.1 Å². The molecule has 0 spiro atoms. The van der Waals surface area contributed by atoms with Crippen LogP contribution in [0.25, 0.3) is 11.1 Å². The van der Waals surface area contributed by atoms with Gasteiger partial charge in [0.15, 0.2) is 5.58 Å². The van der Waals surface area contributed by atoms with Crippen molar-refractivity contribution >= 4 is 28.4 Å². The van der Waals surface area contributed by atoms with Gasteiger partial charge >= 0.3 is 5.76 Å². The normalized spacial score (nSPS) is 19.4. The molecule has 1 unspecified atom stereocenters. The second kappa shape index (κ2) is 4.59. The fourth-order valence-electron chi connectivity index (χ4n) is 2.77. The summed E-state index contributed by atoms with van der Waals surface area (Å²) in [7, 11) is 0. The third-order valence-corrected chi connectivity index (χ3v) is 3.71. The molecule has 0 aliphatic carbocycles. The predicted molar refractivity (Wildman–Crippen MR) is 75.4 cm³/mol. The number of carbonyl (C=O) groups excluding carboxylic acids is 1. The lowest BCUT2D eigenvalue weighted by Crippen LogP contribution is -2.48. The van der Waals surface area contributed by atoms with Crippen LogP contribution in [0.2, 0.25) is 0 Å². The molecule has 1 saturated heterocycles. The number of nitrogen functional groups attached to an aromatic ring is 1. The first-order valence-corrected chi connectivity index (χ1v) is 6.54. The van der Waals surface area contributed by atoms with Gasteiger partial charge in [-0.15, -0.1) is 0 Å². The lowest BCUT2D eigenvalue weighted by Gasteiger charge is -2.36. The standard InChI is InChI=1S/C13H16N4O3/c14-7-5-11-8(16-13(19)20-11)6-10(7)17-4-2-1-3-9(17)12(15)18/h5-6,9H,1-4,14H2,(H2,15,18)(H,16,19). The van der Waals surface area contributed by atoms with Crippen molar-refractivity contribution in [3.63, 3.8) is 0 Å². The monoisotopic (exact) mass is 276 g/mol. The zero-order valence-electron chi connectivity index (χ0n) is 10.9. The Balaban J connectivity index is 2.09. The zero-order valence-corrected chi connectivity index (χ0v) is 10.9. The van der Waals surface area contributed by atoms with E-state index in [2.05, 4.69) is 4.98 Å². The number of primary amides is 1. The molecule has 106 valence electrons. The molecule has 5 N–H and O–H groups in total. The summed E-state index contributed by atoms with van der Waals surface area (Å²) in [6.45, 7) is 0.714. The summed E-state index contributed by atoms with van der Waals surface area (Å²) in [5.74, 6) is -0.883. The summed E-state index contributed by atoms with van der Waals surface area (Å²) < 4.78 is 4.96. The number of fused-ring (bicyclic) bond motifs is 1. The third kappa shape index (κ3) is 2.01. The van der Waals surface area contributed by atoms with Crippen molar-refractivity contribution in [1.29, 1.82) is 0 Å². The van der Waals surface area contributed by atoms with Crippen molar-refractivity contribution in [1.82, 2.24) is 4.98 Å². The molecule has 7 heteroatoms. The quantitative estimate of drug-likeness (QED) is 0.692. The van der Waals surface area contributed by atoms with E-state index in [1.807, 2.05) is 4.90 Å². The number of amides is 1. The van der Waals surface area contributed by atoms with Gasteiger partial charge < -0.3 is 20.8 Å². The van der Waals surface area contributed by atoms with Gasteiger partial charge in [-0.3, -0.25) is 9.78 Å². The molecule has 0 bridgehead atoms. The number of piperidine rings is 1. The van der Waals surface area contributed by atoms with Crippen LogP contribution in [0.4, 0.5) is 11.4 Å². The summed E-state index contributed by atoms with van der Waals surface area (Å²) in [5, 5.41) is 0. The Labute approximate surface area is 114 Å². The number of aromatic nitrogens is 1. The molecule has 1 amide bonds. The number of nitrogens with one attached hydrogen (secondary N) is 1. The van der Waals surface area contributed by atoms with Gasteiger partial charge in [-0.05, 0) is 25.3 Å². The molecule has 1 atom stereocenters. The number of anilines is 2. The van der Waals surface area contributed by atoms with E-state index in [0.717, 1.165) is 12.8 Å². The lowest BCUT2D eigenvalue weighted by atomic mass is 10.00. The van der Waals surface area contributed by atoms with Crippen LogP contribution in [0, 0.1) is 0 Å². The summed E-state index contributed by atoms with van der Waals surface area (Å²) in [6, 6.07) is 2.97. The average molecular weight is 276 g/mol. The van der Waals surface area contributed by atoms with Crippen LogP contribution in [0.15, 0.2) is 21.3 Å². The van der Waals surface area contributed by atoms with Crippen LogP contribution in [0.1, 0.15) is 19.3 Å². The first-order chi connectivity index (χ1) is 9.56. The number of hydrogen-bond acceptors (Lipinski definition) is 5. The highest BCUT2D eigenvalue weighted by Crippen LogP contribution is 2.32. The molecule has 7 nitrogen and oxygen atoms in total. The average Bonchev–Trinajstić information content (AvgIpc) is 2.76. The Kier molecular flexibility index (Phi) is 2.89. The van der Waals surface area contributed by atoms with E-state index in [4.69, 9.17) is 15.9 Å². The molecular weight excluding hydrogens is 260 g/mol. The number of benzene rings is 1. The number of aromatic amines is 1. The largest absolute Gasteiger partial charge is 0.417 e. The summed E-state index contributed by atoms with van der Waals surface area (Å²) in [6.07, 6.45) is 2.66. The number of nitrogens with zero attached hydrogens (tertiary/aromatic N) is 1. The molecular formula is C13H16N4O3. The Bertz CT molecular complexity index is 718.